The van der Waals surface area contributed by atoms with Crippen molar-refractivity contribution in [1.82, 2.24) is 9.80 Å². The predicted molar refractivity (Wildman–Crippen MR) is 163 cm³/mol. The van der Waals surface area contributed by atoms with E-state index in [-0.39, 0.29) is 17.8 Å². The lowest BCUT2D eigenvalue weighted by Gasteiger charge is -2.17. The summed E-state index contributed by atoms with van der Waals surface area (Å²) in [5.41, 5.74) is 1.97. The van der Waals surface area contributed by atoms with E-state index in [2.05, 4.69) is 24.1 Å². The number of thiocarbonyl (C=S) groups is 1. The van der Waals surface area contributed by atoms with Gasteiger partial charge in [0.15, 0.2) is 0 Å². The maximum absolute atomic E-state index is 12.8. The number of carbonyl (C=O) groups excluding carboxylic acids is 3. The maximum atomic E-state index is 12.8. The van der Waals surface area contributed by atoms with Crippen LogP contribution >= 0.6 is 35.6 Å². The Morgan fingerprint density at radius 1 is 1.05 bits per heavy atom. The molecular formula is C29H34ClN3O4S2. The summed E-state index contributed by atoms with van der Waals surface area (Å²) in [5.74, 6) is -0.558. The van der Waals surface area contributed by atoms with Crippen molar-refractivity contribution >= 4 is 69.4 Å². The van der Waals surface area contributed by atoms with Crippen LogP contribution in [0.4, 0.5) is 5.69 Å². The van der Waals surface area contributed by atoms with E-state index >= 15 is 0 Å². The van der Waals surface area contributed by atoms with Crippen molar-refractivity contribution in [2.24, 2.45) is 0 Å². The Kier molecular flexibility index (Phi) is 12.5. The number of anilines is 1. The lowest BCUT2D eigenvalue weighted by molar-refractivity contribution is -0.122. The Hall–Kier alpha value is -2.72. The summed E-state index contributed by atoms with van der Waals surface area (Å²) in [6.07, 6.45) is 4.42. The van der Waals surface area contributed by atoms with Gasteiger partial charge in [0.1, 0.15) is 10.9 Å². The standard InChI is InChI=1S/C29H34ClN3O4S2/c1-3-32(4-2)18-19-37-28(36)22-11-15-24(16-12-22)31-26(34)8-6-5-7-17-33-27(35)25(39-29(33)38)20-21-9-13-23(30)14-10-21/h9-16,20H,3-8,17-19H2,1-2H3,(H,31,34)/b25-20+. The lowest BCUT2D eigenvalue weighted by Crippen LogP contribution is -2.29. The minimum Gasteiger partial charge on any atom is -0.461 e. The number of carbonyl (C=O) groups is 3. The Balaban J connectivity index is 1.34. The molecule has 0 spiro atoms. The molecule has 39 heavy (non-hydrogen) atoms. The number of nitrogens with one attached hydrogen (secondary N) is 1. The Bertz CT molecular complexity index is 1180. The van der Waals surface area contributed by atoms with Crippen molar-refractivity contribution in [3.63, 3.8) is 0 Å². The molecule has 0 unspecified atom stereocenters. The number of esters is 1. The van der Waals surface area contributed by atoms with Crippen LogP contribution in [0, 0.1) is 0 Å². The molecule has 1 fully saturated rings. The Morgan fingerprint density at radius 2 is 1.74 bits per heavy atom. The first-order valence-corrected chi connectivity index (χ1v) is 14.7. The molecule has 0 aromatic heterocycles. The summed E-state index contributed by atoms with van der Waals surface area (Å²) in [6, 6.07) is 14.0. The van der Waals surface area contributed by atoms with Crippen molar-refractivity contribution in [2.75, 3.05) is 38.1 Å². The average molecular weight is 588 g/mol. The van der Waals surface area contributed by atoms with Crippen LogP contribution in [0.25, 0.3) is 6.08 Å². The number of likely N-dealkylation sites (N-methyl/N-ethyl adjacent to an activating group) is 1. The van der Waals surface area contributed by atoms with Crippen LogP contribution in [0.2, 0.25) is 5.02 Å². The molecule has 1 saturated heterocycles. The van der Waals surface area contributed by atoms with Crippen LogP contribution in [0.3, 0.4) is 0 Å². The zero-order chi connectivity index (χ0) is 28.2. The maximum Gasteiger partial charge on any atom is 0.338 e. The normalized spacial score (nSPS) is 14.4. The zero-order valence-electron chi connectivity index (χ0n) is 22.3. The number of hydrogen-bond donors (Lipinski definition) is 1. The van der Waals surface area contributed by atoms with Crippen LogP contribution in [0.1, 0.15) is 55.5 Å². The van der Waals surface area contributed by atoms with E-state index in [1.807, 2.05) is 18.2 Å². The van der Waals surface area contributed by atoms with Gasteiger partial charge in [0.2, 0.25) is 5.91 Å². The van der Waals surface area contributed by atoms with Crippen molar-refractivity contribution in [2.45, 2.75) is 39.5 Å². The number of hydrogen-bond acceptors (Lipinski definition) is 7. The molecule has 7 nitrogen and oxygen atoms in total. The number of amides is 2. The second-order valence-corrected chi connectivity index (χ2v) is 11.1. The van der Waals surface area contributed by atoms with Gasteiger partial charge in [0, 0.05) is 30.2 Å². The van der Waals surface area contributed by atoms with E-state index in [1.54, 1.807) is 41.3 Å². The van der Waals surface area contributed by atoms with E-state index in [9.17, 15) is 14.4 Å². The third-order valence-electron chi connectivity index (χ3n) is 6.27. The summed E-state index contributed by atoms with van der Waals surface area (Å²) in [6.45, 7) is 7.54. The van der Waals surface area contributed by atoms with Gasteiger partial charge in [-0.25, -0.2) is 4.79 Å². The van der Waals surface area contributed by atoms with Crippen LogP contribution < -0.4 is 5.32 Å². The second-order valence-electron chi connectivity index (χ2n) is 8.98. The average Bonchev–Trinajstić information content (AvgIpc) is 3.19. The third-order valence-corrected chi connectivity index (χ3v) is 7.90. The molecule has 0 saturated carbocycles. The lowest BCUT2D eigenvalue weighted by atomic mass is 10.1. The van der Waals surface area contributed by atoms with Gasteiger partial charge in [0.25, 0.3) is 5.91 Å². The molecule has 2 aromatic rings. The highest BCUT2D eigenvalue weighted by molar-refractivity contribution is 8.26. The van der Waals surface area contributed by atoms with Gasteiger partial charge < -0.3 is 15.0 Å². The fourth-order valence-electron chi connectivity index (χ4n) is 3.94. The van der Waals surface area contributed by atoms with Crippen LogP contribution in [0.15, 0.2) is 53.4 Å². The number of halogens is 1. The highest BCUT2D eigenvalue weighted by atomic mass is 35.5. The molecule has 0 atom stereocenters. The van der Waals surface area contributed by atoms with E-state index in [4.69, 9.17) is 28.6 Å². The highest BCUT2D eigenvalue weighted by Gasteiger charge is 2.31. The van der Waals surface area contributed by atoms with Crippen molar-refractivity contribution in [3.8, 4) is 0 Å². The summed E-state index contributed by atoms with van der Waals surface area (Å²) in [5, 5.41) is 3.50. The summed E-state index contributed by atoms with van der Waals surface area (Å²) in [7, 11) is 0. The molecule has 1 aliphatic heterocycles. The molecule has 208 valence electrons. The first kappa shape index (κ1) is 30.8. The molecule has 3 rings (SSSR count). The largest absolute Gasteiger partial charge is 0.461 e. The predicted octanol–water partition coefficient (Wildman–Crippen LogP) is 6.24. The molecule has 10 heteroatoms. The minimum atomic E-state index is -0.373. The summed E-state index contributed by atoms with van der Waals surface area (Å²) >= 11 is 12.6. The van der Waals surface area contributed by atoms with Gasteiger partial charge in [-0.1, -0.05) is 68.0 Å². The molecule has 0 radical (unpaired) electrons. The molecule has 0 bridgehead atoms. The van der Waals surface area contributed by atoms with Gasteiger partial charge in [-0.2, -0.15) is 0 Å². The number of nitrogens with zero attached hydrogens (tertiary/aromatic N) is 2. The second kappa shape index (κ2) is 15.8. The Morgan fingerprint density at radius 3 is 2.41 bits per heavy atom. The smallest absolute Gasteiger partial charge is 0.338 e. The van der Waals surface area contributed by atoms with Crippen molar-refractivity contribution < 1.29 is 19.1 Å². The minimum absolute atomic E-state index is 0.0890. The third kappa shape index (κ3) is 9.76. The molecular weight excluding hydrogens is 554 g/mol. The molecule has 1 heterocycles. The fraction of sp³-hybridized carbons (Fsp3) is 0.379. The van der Waals surface area contributed by atoms with Crippen LogP contribution in [-0.4, -0.2) is 64.7 Å². The first-order chi connectivity index (χ1) is 18.8. The summed E-state index contributed by atoms with van der Waals surface area (Å²) < 4.78 is 5.89. The summed E-state index contributed by atoms with van der Waals surface area (Å²) in [4.78, 5) is 41.7. The fourth-order valence-corrected chi connectivity index (χ4v) is 5.37. The number of ether oxygens (including phenoxy) is 1. The monoisotopic (exact) mass is 587 g/mol. The number of rotatable bonds is 14. The number of thioether (sulfide) groups is 1. The highest BCUT2D eigenvalue weighted by Crippen LogP contribution is 2.33. The van der Waals surface area contributed by atoms with Gasteiger partial charge in [0.05, 0.1) is 10.5 Å². The number of unbranched alkanes of at least 4 members (excludes halogenated alkanes) is 2. The Labute approximate surface area is 244 Å². The van der Waals surface area contributed by atoms with Gasteiger partial charge >= 0.3 is 5.97 Å². The van der Waals surface area contributed by atoms with E-state index in [0.717, 1.165) is 31.5 Å². The van der Waals surface area contributed by atoms with Crippen molar-refractivity contribution in [1.29, 1.82) is 0 Å². The zero-order valence-corrected chi connectivity index (χ0v) is 24.7. The van der Waals surface area contributed by atoms with Gasteiger partial charge in [-0.05, 0) is 74.0 Å². The SMILES string of the molecule is CCN(CC)CCOC(=O)c1ccc(NC(=O)CCCCCN2C(=O)/C(=C\c3ccc(Cl)cc3)SC2=S)cc1. The van der Waals surface area contributed by atoms with Gasteiger partial charge in [-0.15, -0.1) is 0 Å². The topological polar surface area (TPSA) is 79.0 Å². The van der Waals surface area contributed by atoms with Crippen LogP contribution in [-0.2, 0) is 14.3 Å². The van der Waals surface area contributed by atoms with E-state index < -0.39 is 0 Å². The molecule has 0 aliphatic carbocycles. The molecule has 2 amide bonds. The molecule has 1 aliphatic rings. The molecule has 2 aromatic carbocycles. The van der Waals surface area contributed by atoms with Crippen molar-refractivity contribution in [3.05, 3.63) is 69.6 Å². The molecule has 1 N–H and O–H groups in total. The van der Waals surface area contributed by atoms with Crippen LogP contribution in [0.5, 0.6) is 0 Å². The first-order valence-electron chi connectivity index (χ1n) is 13.1. The quantitative estimate of drug-likeness (QED) is 0.121. The van der Waals surface area contributed by atoms with E-state index in [1.165, 1.54) is 11.8 Å². The number of benzene rings is 2. The van der Waals surface area contributed by atoms with Gasteiger partial charge in [-0.3, -0.25) is 14.5 Å². The van der Waals surface area contributed by atoms with E-state index in [0.29, 0.717) is 58.0 Å².